The molecule has 0 aromatic rings. The van der Waals surface area contributed by atoms with E-state index in [1.807, 2.05) is 13.8 Å². The highest BCUT2D eigenvalue weighted by molar-refractivity contribution is 4.70. The van der Waals surface area contributed by atoms with E-state index in [1.165, 1.54) is 25.7 Å². The molecule has 0 aromatic carbocycles. The molecule has 0 bridgehead atoms. The van der Waals surface area contributed by atoms with Crippen LogP contribution in [0.3, 0.4) is 0 Å². The van der Waals surface area contributed by atoms with Gasteiger partial charge in [-0.2, -0.15) is 0 Å². The SMILES string of the molecule is CC.C[C@H]1CCCC[C@H]1CO. The average Bonchev–Trinajstić information content (AvgIpc) is 2.09. The van der Waals surface area contributed by atoms with Gasteiger partial charge in [-0.15, -0.1) is 0 Å². The van der Waals surface area contributed by atoms with Gasteiger partial charge in [-0.05, 0) is 18.3 Å². The minimum absolute atomic E-state index is 0.404. The van der Waals surface area contributed by atoms with Crippen LogP contribution in [0.1, 0.15) is 46.5 Å². The summed E-state index contributed by atoms with van der Waals surface area (Å²) in [6.07, 6.45) is 5.27. The van der Waals surface area contributed by atoms with Gasteiger partial charge in [-0.1, -0.05) is 40.0 Å². The maximum Gasteiger partial charge on any atom is 0.0461 e. The van der Waals surface area contributed by atoms with E-state index in [0.717, 1.165) is 5.92 Å². The fourth-order valence-electron chi connectivity index (χ4n) is 1.66. The summed E-state index contributed by atoms with van der Waals surface area (Å²) < 4.78 is 0. The van der Waals surface area contributed by atoms with Gasteiger partial charge < -0.3 is 5.11 Å². The molecule has 1 heteroatoms. The molecule has 0 unspecified atom stereocenters. The van der Waals surface area contributed by atoms with Crippen molar-refractivity contribution in [3.63, 3.8) is 0 Å². The van der Waals surface area contributed by atoms with Crippen LogP contribution in [0, 0.1) is 11.8 Å². The zero-order valence-electron chi connectivity index (χ0n) is 8.14. The molecule has 0 amide bonds. The third-order valence-electron chi connectivity index (χ3n) is 2.52. The Morgan fingerprint density at radius 2 is 1.73 bits per heavy atom. The number of hydrogen-bond acceptors (Lipinski definition) is 1. The van der Waals surface area contributed by atoms with Gasteiger partial charge in [0.1, 0.15) is 0 Å². The Bertz CT molecular complexity index is 80.9. The largest absolute Gasteiger partial charge is 0.396 e. The maximum absolute atomic E-state index is 8.86. The normalized spacial score (nSPS) is 30.5. The first-order valence-electron chi connectivity index (χ1n) is 4.95. The van der Waals surface area contributed by atoms with Gasteiger partial charge >= 0.3 is 0 Å². The Hall–Kier alpha value is -0.0400. The lowest BCUT2D eigenvalue weighted by atomic mass is 9.81. The molecule has 1 aliphatic rings. The molecule has 1 fully saturated rings. The van der Waals surface area contributed by atoms with E-state index in [0.29, 0.717) is 12.5 Å². The molecule has 1 N–H and O–H groups in total. The van der Waals surface area contributed by atoms with Crippen LogP contribution in [-0.2, 0) is 0 Å². The molecule has 2 atom stereocenters. The van der Waals surface area contributed by atoms with E-state index in [1.54, 1.807) is 0 Å². The molecule has 0 radical (unpaired) electrons. The molecular formula is C10H22O. The minimum Gasteiger partial charge on any atom is -0.396 e. The van der Waals surface area contributed by atoms with Crippen LogP contribution >= 0.6 is 0 Å². The molecule has 68 valence electrons. The van der Waals surface area contributed by atoms with E-state index in [9.17, 15) is 0 Å². The first-order valence-corrected chi connectivity index (χ1v) is 4.95. The highest BCUT2D eigenvalue weighted by Gasteiger charge is 2.19. The summed E-state index contributed by atoms with van der Waals surface area (Å²) in [5.41, 5.74) is 0. The number of aliphatic hydroxyl groups excluding tert-OH is 1. The summed E-state index contributed by atoms with van der Waals surface area (Å²) in [6.45, 7) is 6.65. The molecule has 1 nitrogen and oxygen atoms in total. The second-order valence-electron chi connectivity index (χ2n) is 3.20. The molecule has 1 aliphatic carbocycles. The third-order valence-corrected chi connectivity index (χ3v) is 2.52. The zero-order chi connectivity index (χ0) is 8.69. The van der Waals surface area contributed by atoms with Crippen LogP contribution in [0.25, 0.3) is 0 Å². The summed E-state index contributed by atoms with van der Waals surface area (Å²) in [7, 11) is 0. The molecule has 0 spiro atoms. The lowest BCUT2D eigenvalue weighted by molar-refractivity contribution is 0.144. The molecule has 1 rings (SSSR count). The molecule has 0 aliphatic heterocycles. The molecule has 0 saturated heterocycles. The van der Waals surface area contributed by atoms with Crippen LogP contribution in [0.15, 0.2) is 0 Å². The number of hydrogen-bond donors (Lipinski definition) is 1. The molecule has 0 aromatic heterocycles. The minimum atomic E-state index is 0.404. The highest BCUT2D eigenvalue weighted by atomic mass is 16.3. The Balaban J connectivity index is 0.000000461. The van der Waals surface area contributed by atoms with Crippen LogP contribution in [0.4, 0.5) is 0 Å². The zero-order valence-corrected chi connectivity index (χ0v) is 8.14. The monoisotopic (exact) mass is 158 g/mol. The predicted molar refractivity (Wildman–Crippen MR) is 49.6 cm³/mol. The van der Waals surface area contributed by atoms with Crippen LogP contribution in [0.2, 0.25) is 0 Å². The quantitative estimate of drug-likeness (QED) is 0.622. The third kappa shape index (κ3) is 3.76. The van der Waals surface area contributed by atoms with Crippen LogP contribution in [-0.4, -0.2) is 11.7 Å². The lowest BCUT2D eigenvalue weighted by Crippen LogP contribution is -2.19. The first kappa shape index (κ1) is 11.0. The predicted octanol–water partition coefficient (Wildman–Crippen LogP) is 2.83. The Morgan fingerprint density at radius 3 is 2.09 bits per heavy atom. The second-order valence-corrected chi connectivity index (χ2v) is 3.20. The number of aliphatic hydroxyl groups is 1. The summed E-state index contributed by atoms with van der Waals surface area (Å²) in [4.78, 5) is 0. The Morgan fingerprint density at radius 1 is 1.18 bits per heavy atom. The molecule has 11 heavy (non-hydrogen) atoms. The van der Waals surface area contributed by atoms with Gasteiger partial charge in [0.25, 0.3) is 0 Å². The summed E-state index contributed by atoms with van der Waals surface area (Å²) in [5.74, 6) is 1.38. The van der Waals surface area contributed by atoms with Gasteiger partial charge in [-0.25, -0.2) is 0 Å². The molecule has 1 saturated carbocycles. The van der Waals surface area contributed by atoms with Crippen molar-refractivity contribution in [2.24, 2.45) is 11.8 Å². The van der Waals surface area contributed by atoms with Gasteiger partial charge in [0.2, 0.25) is 0 Å². The van der Waals surface area contributed by atoms with E-state index < -0.39 is 0 Å². The van der Waals surface area contributed by atoms with Crippen molar-refractivity contribution in [1.29, 1.82) is 0 Å². The standard InChI is InChI=1S/C8H16O.C2H6/c1-7-4-2-3-5-8(7)6-9;1-2/h7-9H,2-6H2,1H3;1-2H3/t7-,8-;/m0./s1. The van der Waals surface area contributed by atoms with Gasteiger partial charge in [0.15, 0.2) is 0 Å². The second kappa shape index (κ2) is 6.66. The lowest BCUT2D eigenvalue weighted by Gasteiger charge is -2.26. The van der Waals surface area contributed by atoms with Crippen molar-refractivity contribution < 1.29 is 5.11 Å². The van der Waals surface area contributed by atoms with Crippen molar-refractivity contribution in [1.82, 2.24) is 0 Å². The molecule has 0 heterocycles. The van der Waals surface area contributed by atoms with E-state index >= 15 is 0 Å². The van der Waals surface area contributed by atoms with Crippen LogP contribution in [0.5, 0.6) is 0 Å². The van der Waals surface area contributed by atoms with Gasteiger partial charge in [0.05, 0.1) is 0 Å². The average molecular weight is 158 g/mol. The van der Waals surface area contributed by atoms with Crippen molar-refractivity contribution >= 4 is 0 Å². The fraction of sp³-hybridized carbons (Fsp3) is 1.00. The van der Waals surface area contributed by atoms with E-state index in [4.69, 9.17) is 5.11 Å². The molecular weight excluding hydrogens is 136 g/mol. The summed E-state index contributed by atoms with van der Waals surface area (Å²) in [5, 5.41) is 8.86. The summed E-state index contributed by atoms with van der Waals surface area (Å²) >= 11 is 0. The topological polar surface area (TPSA) is 20.2 Å². The van der Waals surface area contributed by atoms with Crippen LogP contribution < -0.4 is 0 Å². The van der Waals surface area contributed by atoms with Crippen molar-refractivity contribution in [3.8, 4) is 0 Å². The first-order chi connectivity index (χ1) is 5.34. The van der Waals surface area contributed by atoms with Crippen molar-refractivity contribution in [2.75, 3.05) is 6.61 Å². The summed E-state index contributed by atoms with van der Waals surface area (Å²) in [6, 6.07) is 0. The van der Waals surface area contributed by atoms with Crippen molar-refractivity contribution in [3.05, 3.63) is 0 Å². The van der Waals surface area contributed by atoms with Gasteiger partial charge in [0, 0.05) is 6.61 Å². The Kier molecular flexibility index (Phi) is 6.63. The number of rotatable bonds is 1. The Labute approximate surface area is 70.8 Å². The highest BCUT2D eigenvalue weighted by Crippen LogP contribution is 2.28. The smallest absolute Gasteiger partial charge is 0.0461 e. The fourth-order valence-corrected chi connectivity index (χ4v) is 1.66. The van der Waals surface area contributed by atoms with E-state index in [2.05, 4.69) is 6.92 Å². The van der Waals surface area contributed by atoms with E-state index in [-0.39, 0.29) is 0 Å². The maximum atomic E-state index is 8.86. The van der Waals surface area contributed by atoms with Gasteiger partial charge in [-0.3, -0.25) is 0 Å². The van der Waals surface area contributed by atoms with Crippen molar-refractivity contribution in [2.45, 2.75) is 46.5 Å².